The first kappa shape index (κ1) is 34.8. The second-order valence-corrected chi connectivity index (χ2v) is 13.1. The minimum Gasteiger partial charge on any atom is -0.481 e. The van der Waals surface area contributed by atoms with Crippen molar-refractivity contribution in [3.8, 4) is 45.4 Å². The number of rotatable bonds is 13. The topological polar surface area (TPSA) is 137 Å². The van der Waals surface area contributed by atoms with Gasteiger partial charge in [-0.1, -0.05) is 71.7 Å². The third-order valence-electron chi connectivity index (χ3n) is 9.09. The zero-order valence-corrected chi connectivity index (χ0v) is 29.9. The predicted octanol–water partition coefficient (Wildman–Crippen LogP) is 5.58. The van der Waals surface area contributed by atoms with E-state index in [1.54, 1.807) is 14.2 Å². The summed E-state index contributed by atoms with van der Waals surface area (Å²) in [6.45, 7) is 4.20. The van der Waals surface area contributed by atoms with Gasteiger partial charge < -0.3 is 34.7 Å². The van der Waals surface area contributed by atoms with Crippen molar-refractivity contribution >= 4 is 29.1 Å². The standard InChI is InChI=1S/C37H38Cl2N8O4/c1-49-36-22(17-40-19-24-11-14-33(48)42-24)9-12-29(43-36)27-7-3-5-25(34(27)38)26-6-4-8-28(35(26)39)30-13-10-23(37(44-30)50-2)18-41-20-31-45-46-32-21-51-16-15-47(31)32/h3-10,12-13,24,40-41H,11,14-21H2,1-2H3,(H,42,48)/t24-/m0/s1. The lowest BCUT2D eigenvalue weighted by atomic mass is 9.98. The van der Waals surface area contributed by atoms with E-state index in [9.17, 15) is 4.79 Å². The molecule has 3 N–H and O–H groups in total. The normalized spacial score (nSPS) is 15.5. The molecule has 0 radical (unpaired) electrons. The summed E-state index contributed by atoms with van der Waals surface area (Å²) in [7, 11) is 3.21. The highest BCUT2D eigenvalue weighted by Crippen LogP contribution is 2.42. The Morgan fingerprint density at radius 1 is 0.824 bits per heavy atom. The van der Waals surface area contributed by atoms with Crippen molar-refractivity contribution in [2.45, 2.75) is 51.7 Å². The van der Waals surface area contributed by atoms with Gasteiger partial charge in [-0.15, -0.1) is 10.2 Å². The third kappa shape index (κ3) is 7.56. The van der Waals surface area contributed by atoms with Gasteiger partial charge in [-0.2, -0.15) is 0 Å². The minimum absolute atomic E-state index is 0.0995. The molecule has 1 fully saturated rings. The van der Waals surface area contributed by atoms with Crippen molar-refractivity contribution in [3.05, 3.63) is 93.5 Å². The molecule has 264 valence electrons. The Balaban J connectivity index is 1.08. The Hall–Kier alpha value is -4.59. The Bertz CT molecular complexity index is 2060. The van der Waals surface area contributed by atoms with Gasteiger partial charge in [0.15, 0.2) is 5.82 Å². The number of pyridine rings is 2. The summed E-state index contributed by atoms with van der Waals surface area (Å²) in [6, 6.07) is 19.6. The van der Waals surface area contributed by atoms with E-state index in [1.807, 2.05) is 60.7 Å². The molecule has 2 aliphatic heterocycles. The summed E-state index contributed by atoms with van der Waals surface area (Å²) in [5, 5.41) is 19.4. The second kappa shape index (κ2) is 15.7. The van der Waals surface area contributed by atoms with Crippen molar-refractivity contribution in [1.82, 2.24) is 40.7 Å². The van der Waals surface area contributed by atoms with Crippen LogP contribution in [0.5, 0.6) is 11.8 Å². The number of nitrogens with one attached hydrogen (secondary N) is 3. The van der Waals surface area contributed by atoms with E-state index in [2.05, 4.69) is 30.7 Å². The molecular weight excluding hydrogens is 691 g/mol. The van der Waals surface area contributed by atoms with E-state index < -0.39 is 0 Å². The highest BCUT2D eigenvalue weighted by atomic mass is 35.5. The largest absolute Gasteiger partial charge is 0.481 e. The van der Waals surface area contributed by atoms with Crippen molar-refractivity contribution in [2.24, 2.45) is 0 Å². The molecule has 0 unspecified atom stereocenters. The lowest BCUT2D eigenvalue weighted by Gasteiger charge is -2.16. The molecule has 0 aliphatic carbocycles. The number of ether oxygens (including phenoxy) is 3. The average Bonchev–Trinajstić information content (AvgIpc) is 3.77. The fourth-order valence-electron chi connectivity index (χ4n) is 6.44. The van der Waals surface area contributed by atoms with E-state index in [-0.39, 0.29) is 11.9 Å². The highest BCUT2D eigenvalue weighted by molar-refractivity contribution is 6.39. The maximum Gasteiger partial charge on any atom is 0.220 e. The van der Waals surface area contributed by atoms with Crippen LogP contribution in [0.15, 0.2) is 60.7 Å². The zero-order chi connectivity index (χ0) is 35.3. The smallest absolute Gasteiger partial charge is 0.220 e. The van der Waals surface area contributed by atoms with Gasteiger partial charge in [-0.25, -0.2) is 9.97 Å². The van der Waals surface area contributed by atoms with Crippen molar-refractivity contribution < 1.29 is 19.0 Å². The SMILES string of the molecule is COc1nc(-c2cccc(-c3cccc(-c4ccc(CNC[C@@H]5CCC(=O)N5)c(OC)n4)c3Cl)c2Cl)ccc1CNCc1nnc2n1CCOC2. The van der Waals surface area contributed by atoms with Crippen LogP contribution < -0.4 is 25.4 Å². The average molecular weight is 730 g/mol. The number of benzene rings is 2. The molecule has 5 aromatic rings. The summed E-state index contributed by atoms with van der Waals surface area (Å²) in [4.78, 5) is 21.1. The molecule has 3 aromatic heterocycles. The first-order valence-electron chi connectivity index (χ1n) is 16.8. The first-order chi connectivity index (χ1) is 24.9. The summed E-state index contributed by atoms with van der Waals surface area (Å²) < 4.78 is 18.9. The summed E-state index contributed by atoms with van der Waals surface area (Å²) in [5.74, 6) is 2.82. The Labute approximate surface area is 305 Å². The molecule has 0 spiro atoms. The van der Waals surface area contributed by atoms with Crippen LogP contribution in [0.25, 0.3) is 33.6 Å². The Morgan fingerprint density at radius 2 is 1.43 bits per heavy atom. The van der Waals surface area contributed by atoms with Crippen LogP contribution in [-0.2, 0) is 42.3 Å². The number of halogens is 2. The van der Waals surface area contributed by atoms with Gasteiger partial charge in [0.05, 0.1) is 48.8 Å². The van der Waals surface area contributed by atoms with Gasteiger partial charge >= 0.3 is 0 Å². The van der Waals surface area contributed by atoms with Crippen LogP contribution in [0.2, 0.25) is 10.0 Å². The minimum atomic E-state index is 0.0995. The fraction of sp³-hybridized carbons (Fsp3) is 0.324. The maximum absolute atomic E-state index is 11.5. The van der Waals surface area contributed by atoms with Crippen LogP contribution in [-0.4, -0.2) is 64.1 Å². The number of nitrogens with zero attached hydrogens (tertiary/aromatic N) is 5. The number of hydrogen-bond donors (Lipinski definition) is 3. The van der Waals surface area contributed by atoms with Gasteiger partial charge in [-0.3, -0.25) is 4.79 Å². The van der Waals surface area contributed by atoms with Crippen LogP contribution in [0.1, 0.15) is 35.6 Å². The van der Waals surface area contributed by atoms with Gasteiger partial charge in [0.1, 0.15) is 12.4 Å². The number of carbonyl (C=O) groups is 1. The molecule has 12 nitrogen and oxygen atoms in total. The molecule has 1 amide bonds. The van der Waals surface area contributed by atoms with Gasteiger partial charge in [0, 0.05) is 72.0 Å². The maximum atomic E-state index is 11.5. The van der Waals surface area contributed by atoms with Crippen LogP contribution in [0.3, 0.4) is 0 Å². The predicted molar refractivity (Wildman–Crippen MR) is 195 cm³/mol. The third-order valence-corrected chi connectivity index (χ3v) is 9.90. The van der Waals surface area contributed by atoms with E-state index in [1.165, 1.54) is 0 Å². The van der Waals surface area contributed by atoms with E-state index in [4.69, 9.17) is 47.4 Å². The lowest BCUT2D eigenvalue weighted by Crippen LogP contribution is -2.35. The molecule has 2 aromatic carbocycles. The van der Waals surface area contributed by atoms with E-state index in [0.717, 1.165) is 58.0 Å². The summed E-state index contributed by atoms with van der Waals surface area (Å²) >= 11 is 14.2. The number of methoxy groups -OCH3 is 2. The lowest BCUT2D eigenvalue weighted by molar-refractivity contribution is -0.119. The molecule has 7 rings (SSSR count). The van der Waals surface area contributed by atoms with E-state index >= 15 is 0 Å². The molecule has 51 heavy (non-hydrogen) atoms. The second-order valence-electron chi connectivity index (χ2n) is 12.3. The molecular formula is C37H38Cl2N8O4. The molecule has 1 atom stereocenters. The zero-order valence-electron chi connectivity index (χ0n) is 28.3. The molecule has 14 heteroatoms. The van der Waals surface area contributed by atoms with Gasteiger partial charge in [0.25, 0.3) is 0 Å². The van der Waals surface area contributed by atoms with Gasteiger partial charge in [-0.05, 0) is 18.6 Å². The van der Waals surface area contributed by atoms with Crippen molar-refractivity contribution in [1.29, 1.82) is 0 Å². The fourth-order valence-corrected chi connectivity index (χ4v) is 7.09. The quantitative estimate of drug-likeness (QED) is 0.141. The Morgan fingerprint density at radius 3 is 2.02 bits per heavy atom. The highest BCUT2D eigenvalue weighted by Gasteiger charge is 2.22. The number of aromatic nitrogens is 5. The van der Waals surface area contributed by atoms with Crippen LogP contribution in [0.4, 0.5) is 0 Å². The van der Waals surface area contributed by atoms with E-state index in [0.29, 0.717) is 79.0 Å². The van der Waals surface area contributed by atoms with Gasteiger partial charge in [0.2, 0.25) is 17.7 Å². The number of carbonyl (C=O) groups excluding carboxylic acids is 1. The molecule has 2 aliphatic rings. The van der Waals surface area contributed by atoms with Crippen LogP contribution >= 0.6 is 23.2 Å². The number of hydrogen-bond acceptors (Lipinski definition) is 10. The summed E-state index contributed by atoms with van der Waals surface area (Å²) in [6.07, 6.45) is 1.41. The number of amides is 1. The van der Waals surface area contributed by atoms with Crippen molar-refractivity contribution in [2.75, 3.05) is 27.4 Å². The number of fused-ring (bicyclic) bond motifs is 1. The van der Waals surface area contributed by atoms with Crippen LogP contribution in [0, 0.1) is 0 Å². The molecule has 0 saturated carbocycles. The van der Waals surface area contributed by atoms with Crippen molar-refractivity contribution in [3.63, 3.8) is 0 Å². The monoisotopic (exact) mass is 728 g/mol. The first-order valence-corrected chi connectivity index (χ1v) is 17.5. The Kier molecular flexibility index (Phi) is 10.8. The summed E-state index contributed by atoms with van der Waals surface area (Å²) in [5.41, 5.74) is 6.18. The molecule has 1 saturated heterocycles. The molecule has 0 bridgehead atoms. The molecule has 5 heterocycles.